The van der Waals surface area contributed by atoms with E-state index in [1.54, 1.807) is 30.6 Å². The van der Waals surface area contributed by atoms with Crippen molar-refractivity contribution in [3.63, 3.8) is 0 Å². The lowest BCUT2D eigenvalue weighted by molar-refractivity contribution is 0.141. The second-order valence-corrected chi connectivity index (χ2v) is 6.09. The average molecular weight is 393 g/mol. The van der Waals surface area contributed by atoms with E-state index in [2.05, 4.69) is 20.4 Å². The van der Waals surface area contributed by atoms with E-state index in [1.807, 2.05) is 12.1 Å². The molecular weight excluding hydrogens is 379 g/mol. The second-order valence-electron chi connectivity index (χ2n) is 5.28. The SMILES string of the molecule is O=C(O)NCCON=C(c1ccc(Cl)c(Cl)c1)c1cc2ccncc2[nH]1. The number of aromatic nitrogens is 2. The highest BCUT2D eigenvalue weighted by Gasteiger charge is 2.13. The molecule has 3 N–H and O–H groups in total. The number of nitrogens with zero attached hydrogens (tertiary/aromatic N) is 2. The minimum atomic E-state index is -1.12. The first-order chi connectivity index (χ1) is 12.5. The van der Waals surface area contributed by atoms with Crippen LogP contribution in [0, 0.1) is 0 Å². The molecule has 0 fully saturated rings. The van der Waals surface area contributed by atoms with Gasteiger partial charge in [-0.2, -0.15) is 0 Å². The van der Waals surface area contributed by atoms with Gasteiger partial charge in [0.05, 0.1) is 34.0 Å². The Bertz CT molecular complexity index is 939. The van der Waals surface area contributed by atoms with E-state index in [0.717, 1.165) is 10.9 Å². The first-order valence-corrected chi connectivity index (χ1v) is 8.35. The van der Waals surface area contributed by atoms with E-state index < -0.39 is 6.09 Å². The summed E-state index contributed by atoms with van der Waals surface area (Å²) in [6, 6.07) is 8.92. The van der Waals surface area contributed by atoms with E-state index >= 15 is 0 Å². The van der Waals surface area contributed by atoms with Gasteiger partial charge in [-0.3, -0.25) is 4.98 Å². The van der Waals surface area contributed by atoms with Crippen LogP contribution in [0.4, 0.5) is 4.79 Å². The van der Waals surface area contributed by atoms with Crippen LogP contribution in [0.15, 0.2) is 47.9 Å². The van der Waals surface area contributed by atoms with Crippen LogP contribution in [0.1, 0.15) is 11.3 Å². The molecule has 1 amide bonds. The summed E-state index contributed by atoms with van der Waals surface area (Å²) in [7, 11) is 0. The van der Waals surface area contributed by atoms with Crippen LogP contribution in [-0.2, 0) is 4.84 Å². The lowest BCUT2D eigenvalue weighted by atomic mass is 10.1. The number of fused-ring (bicyclic) bond motifs is 1. The largest absolute Gasteiger partial charge is 0.465 e. The van der Waals surface area contributed by atoms with E-state index in [1.165, 1.54) is 0 Å². The monoisotopic (exact) mass is 392 g/mol. The zero-order valence-corrected chi connectivity index (χ0v) is 14.9. The van der Waals surface area contributed by atoms with Gasteiger partial charge in [-0.05, 0) is 24.3 Å². The predicted octanol–water partition coefficient (Wildman–Crippen LogP) is 3.91. The summed E-state index contributed by atoms with van der Waals surface area (Å²) < 4.78 is 0. The average Bonchev–Trinajstić information content (AvgIpc) is 3.04. The van der Waals surface area contributed by atoms with E-state index in [4.69, 9.17) is 33.1 Å². The number of nitrogens with one attached hydrogen (secondary N) is 2. The van der Waals surface area contributed by atoms with Gasteiger partial charge in [0.25, 0.3) is 0 Å². The lowest BCUT2D eigenvalue weighted by Crippen LogP contribution is -2.24. The first kappa shape index (κ1) is 18.0. The van der Waals surface area contributed by atoms with Crippen molar-refractivity contribution in [1.82, 2.24) is 15.3 Å². The molecule has 0 spiro atoms. The van der Waals surface area contributed by atoms with Crippen LogP contribution in [0.5, 0.6) is 0 Å². The molecule has 1 aromatic carbocycles. The summed E-state index contributed by atoms with van der Waals surface area (Å²) in [6.07, 6.45) is 2.29. The molecule has 2 aromatic heterocycles. The van der Waals surface area contributed by atoms with E-state index in [0.29, 0.717) is 27.0 Å². The van der Waals surface area contributed by atoms with E-state index in [-0.39, 0.29) is 13.2 Å². The quantitative estimate of drug-likeness (QED) is 0.336. The standard InChI is InChI=1S/C17H14Cl2N4O3/c18-12-2-1-11(7-13(12)19)16(23-26-6-5-21-17(24)25)14-8-10-3-4-20-9-15(10)22-14/h1-4,7-9,21-22H,5-6H2,(H,24,25). The van der Waals surface area contributed by atoms with Crippen LogP contribution in [0.25, 0.3) is 10.9 Å². The smallest absolute Gasteiger partial charge is 0.404 e. The van der Waals surface area contributed by atoms with Crippen molar-refractivity contribution in [2.45, 2.75) is 0 Å². The number of hydrogen-bond acceptors (Lipinski definition) is 4. The maximum absolute atomic E-state index is 10.5. The van der Waals surface area contributed by atoms with Crippen molar-refractivity contribution in [2.75, 3.05) is 13.2 Å². The molecule has 3 rings (SSSR count). The molecule has 0 saturated heterocycles. The minimum absolute atomic E-state index is 0.0822. The number of pyridine rings is 1. The van der Waals surface area contributed by atoms with Crippen LogP contribution in [0.2, 0.25) is 10.0 Å². The number of H-pyrrole nitrogens is 1. The molecule has 3 aromatic rings. The summed E-state index contributed by atoms with van der Waals surface area (Å²) in [4.78, 5) is 23.0. The molecule has 26 heavy (non-hydrogen) atoms. The third kappa shape index (κ3) is 4.25. The van der Waals surface area contributed by atoms with Crippen molar-refractivity contribution in [3.8, 4) is 0 Å². The lowest BCUT2D eigenvalue weighted by Gasteiger charge is -2.07. The van der Waals surface area contributed by atoms with Crippen LogP contribution in [0.3, 0.4) is 0 Å². The molecule has 0 aliphatic rings. The van der Waals surface area contributed by atoms with E-state index in [9.17, 15) is 4.79 Å². The van der Waals surface area contributed by atoms with Crippen molar-refractivity contribution < 1.29 is 14.7 Å². The molecule has 0 aliphatic carbocycles. The molecule has 0 bridgehead atoms. The molecule has 0 atom stereocenters. The summed E-state index contributed by atoms with van der Waals surface area (Å²) in [5, 5.41) is 16.7. The predicted molar refractivity (Wildman–Crippen MR) is 100 cm³/mol. The first-order valence-electron chi connectivity index (χ1n) is 7.60. The number of carboxylic acid groups (broad SMARTS) is 1. The number of rotatable bonds is 6. The third-order valence-electron chi connectivity index (χ3n) is 3.50. The van der Waals surface area contributed by atoms with Crippen molar-refractivity contribution >= 4 is 45.9 Å². The Kier molecular flexibility index (Phi) is 5.60. The topological polar surface area (TPSA) is 99.6 Å². The van der Waals surface area contributed by atoms with Crippen LogP contribution in [-0.4, -0.2) is 40.0 Å². The number of halogens is 2. The summed E-state index contributed by atoms with van der Waals surface area (Å²) in [5.74, 6) is 0. The second kappa shape index (κ2) is 8.07. The fraction of sp³-hybridized carbons (Fsp3) is 0.118. The maximum atomic E-state index is 10.5. The van der Waals surface area contributed by atoms with Gasteiger partial charge >= 0.3 is 6.09 Å². The van der Waals surface area contributed by atoms with Gasteiger partial charge in [-0.15, -0.1) is 0 Å². The third-order valence-corrected chi connectivity index (χ3v) is 4.24. The Morgan fingerprint density at radius 2 is 2.12 bits per heavy atom. The highest BCUT2D eigenvalue weighted by molar-refractivity contribution is 6.42. The van der Waals surface area contributed by atoms with Crippen molar-refractivity contribution in [1.29, 1.82) is 0 Å². The van der Waals surface area contributed by atoms with Crippen molar-refractivity contribution in [3.05, 3.63) is 64.0 Å². The Balaban J connectivity index is 1.92. The Morgan fingerprint density at radius 1 is 1.27 bits per heavy atom. The normalized spacial score (nSPS) is 11.5. The maximum Gasteiger partial charge on any atom is 0.404 e. The van der Waals surface area contributed by atoms with Gasteiger partial charge in [0.1, 0.15) is 12.3 Å². The summed E-state index contributed by atoms with van der Waals surface area (Å²) in [6.45, 7) is 0.197. The molecule has 134 valence electrons. The molecule has 7 nitrogen and oxygen atoms in total. The van der Waals surface area contributed by atoms with Gasteiger partial charge in [0.15, 0.2) is 0 Å². The summed E-state index contributed by atoms with van der Waals surface area (Å²) in [5.41, 5.74) is 2.76. The van der Waals surface area contributed by atoms with Gasteiger partial charge in [0, 0.05) is 17.1 Å². The highest BCUT2D eigenvalue weighted by atomic mass is 35.5. The van der Waals surface area contributed by atoms with Gasteiger partial charge in [-0.25, -0.2) is 4.79 Å². The van der Waals surface area contributed by atoms with Crippen molar-refractivity contribution in [2.24, 2.45) is 5.16 Å². The fourth-order valence-corrected chi connectivity index (χ4v) is 2.61. The zero-order chi connectivity index (χ0) is 18.5. The molecule has 0 radical (unpaired) electrons. The van der Waals surface area contributed by atoms with Gasteiger partial charge < -0.3 is 20.2 Å². The molecule has 0 unspecified atom stereocenters. The number of amides is 1. The Morgan fingerprint density at radius 3 is 2.85 bits per heavy atom. The van der Waals surface area contributed by atoms with Crippen LogP contribution < -0.4 is 5.32 Å². The fourth-order valence-electron chi connectivity index (χ4n) is 2.31. The minimum Gasteiger partial charge on any atom is -0.465 e. The number of aromatic amines is 1. The number of carbonyl (C=O) groups is 1. The highest BCUT2D eigenvalue weighted by Crippen LogP contribution is 2.25. The number of benzene rings is 1. The van der Waals surface area contributed by atoms with Gasteiger partial charge in [-0.1, -0.05) is 34.4 Å². The van der Waals surface area contributed by atoms with Gasteiger partial charge in [0.2, 0.25) is 0 Å². The molecule has 0 aliphatic heterocycles. The molecule has 2 heterocycles. The number of hydrogen-bond donors (Lipinski definition) is 3. The molecule has 9 heteroatoms. The Hall–Kier alpha value is -2.77. The van der Waals surface area contributed by atoms with Crippen LogP contribution >= 0.6 is 23.2 Å². The zero-order valence-electron chi connectivity index (χ0n) is 13.4. The molecule has 0 saturated carbocycles. The molecular formula is C17H14Cl2N4O3. The Labute approximate surface area is 158 Å². The summed E-state index contributed by atoms with van der Waals surface area (Å²) >= 11 is 12.1. The number of oxime groups is 1.